The first-order chi connectivity index (χ1) is 15.6. The first-order valence-electron chi connectivity index (χ1n) is 10.8. The number of nitrogens with one attached hydrogen (secondary N) is 1. The highest BCUT2D eigenvalue weighted by Crippen LogP contribution is 2.36. The van der Waals surface area contributed by atoms with Crippen LogP contribution in [0, 0.1) is 13.8 Å². The lowest BCUT2D eigenvalue weighted by atomic mass is 10.0. The molecule has 172 valence electrons. The number of carbonyl (C=O) groups excluding carboxylic acids is 2. The predicted molar refractivity (Wildman–Crippen MR) is 127 cm³/mol. The highest BCUT2D eigenvalue weighted by Gasteiger charge is 2.29. The van der Waals surface area contributed by atoms with E-state index < -0.39 is 10.0 Å². The number of aryl methyl sites for hydroxylation is 3. The minimum atomic E-state index is -3.88. The second-order valence-corrected chi connectivity index (χ2v) is 10.0. The highest BCUT2D eigenvalue weighted by atomic mass is 32.2. The van der Waals surface area contributed by atoms with Crippen LogP contribution in [0.15, 0.2) is 47.4 Å². The average molecular weight is 467 g/mol. The topological polar surface area (TPSA) is 101 Å². The number of para-hydroxylation sites is 1. The van der Waals surface area contributed by atoms with Crippen LogP contribution >= 0.6 is 0 Å². The SMILES string of the molecule is CCc1ccccc1N(C)S(=O)(=O)c1cc(-c2c(C)nn3c2NC(=O)CCC3=O)ccc1C. The summed E-state index contributed by atoms with van der Waals surface area (Å²) in [4.78, 5) is 24.8. The zero-order valence-corrected chi connectivity index (χ0v) is 19.9. The molecule has 0 saturated carbocycles. The van der Waals surface area contributed by atoms with Crippen molar-refractivity contribution < 1.29 is 18.0 Å². The van der Waals surface area contributed by atoms with E-state index in [1.165, 1.54) is 8.99 Å². The van der Waals surface area contributed by atoms with Crippen LogP contribution in [0.1, 0.15) is 41.4 Å². The lowest BCUT2D eigenvalue weighted by Gasteiger charge is -2.23. The first-order valence-corrected chi connectivity index (χ1v) is 12.2. The Bertz CT molecular complexity index is 1380. The van der Waals surface area contributed by atoms with Crippen LogP contribution in [-0.4, -0.2) is 37.1 Å². The molecule has 8 nitrogen and oxygen atoms in total. The van der Waals surface area contributed by atoms with Crippen molar-refractivity contribution in [1.82, 2.24) is 9.78 Å². The standard InChI is InChI=1S/C24H26N4O4S/c1-5-17-8-6-7-9-19(17)27(4)33(31,32)20-14-18(11-10-15(20)2)23-16(3)26-28-22(30)13-12-21(29)25-24(23)28/h6-11,14H,5,12-13H2,1-4H3,(H,25,29). The number of amides is 1. The van der Waals surface area contributed by atoms with Gasteiger partial charge < -0.3 is 5.32 Å². The van der Waals surface area contributed by atoms with Crippen LogP contribution in [0.5, 0.6) is 0 Å². The fourth-order valence-electron chi connectivity index (χ4n) is 4.12. The van der Waals surface area contributed by atoms with Crippen molar-refractivity contribution in [3.63, 3.8) is 0 Å². The van der Waals surface area contributed by atoms with E-state index in [-0.39, 0.29) is 35.4 Å². The summed E-state index contributed by atoms with van der Waals surface area (Å²) in [5.74, 6) is -0.287. The fourth-order valence-corrected chi connectivity index (χ4v) is 5.60. The van der Waals surface area contributed by atoms with Crippen molar-refractivity contribution in [2.75, 3.05) is 16.7 Å². The van der Waals surface area contributed by atoms with E-state index in [1.807, 2.05) is 25.1 Å². The van der Waals surface area contributed by atoms with E-state index >= 15 is 0 Å². The number of sulfonamides is 1. The molecule has 0 bridgehead atoms. The molecule has 33 heavy (non-hydrogen) atoms. The predicted octanol–water partition coefficient (Wildman–Crippen LogP) is 3.93. The van der Waals surface area contributed by atoms with Gasteiger partial charge in [-0.1, -0.05) is 37.3 Å². The van der Waals surface area contributed by atoms with Crippen molar-refractivity contribution in [3.05, 3.63) is 59.3 Å². The smallest absolute Gasteiger partial charge is 0.264 e. The van der Waals surface area contributed by atoms with E-state index in [2.05, 4.69) is 10.4 Å². The molecule has 4 rings (SSSR count). The third-order valence-corrected chi connectivity index (χ3v) is 7.86. The lowest BCUT2D eigenvalue weighted by molar-refractivity contribution is -0.116. The Kier molecular flexibility index (Phi) is 5.84. The summed E-state index contributed by atoms with van der Waals surface area (Å²) in [7, 11) is -2.33. The third-order valence-electron chi connectivity index (χ3n) is 5.95. The Morgan fingerprint density at radius 2 is 1.82 bits per heavy atom. The minimum absolute atomic E-state index is 0.0640. The third kappa shape index (κ3) is 3.93. The number of aromatic nitrogens is 2. The van der Waals surface area contributed by atoms with Crippen LogP contribution in [0.25, 0.3) is 11.1 Å². The molecule has 1 aliphatic rings. The number of carbonyl (C=O) groups is 2. The Labute approximate surface area is 193 Å². The van der Waals surface area contributed by atoms with E-state index in [1.54, 1.807) is 45.2 Å². The Morgan fingerprint density at radius 3 is 2.55 bits per heavy atom. The normalized spacial score (nSPS) is 13.9. The molecule has 0 atom stereocenters. The molecule has 0 fully saturated rings. The number of anilines is 2. The van der Waals surface area contributed by atoms with Gasteiger partial charge in [-0.05, 0) is 49.1 Å². The molecule has 0 spiro atoms. The Hall–Kier alpha value is -3.46. The van der Waals surface area contributed by atoms with Gasteiger partial charge in [0, 0.05) is 25.5 Å². The number of nitrogens with zero attached hydrogens (tertiary/aromatic N) is 3. The maximum atomic E-state index is 13.7. The van der Waals surface area contributed by atoms with Gasteiger partial charge in [0.05, 0.1) is 16.3 Å². The molecule has 0 aliphatic carbocycles. The summed E-state index contributed by atoms with van der Waals surface area (Å²) >= 11 is 0. The summed E-state index contributed by atoms with van der Waals surface area (Å²) in [5.41, 5.74) is 3.76. The van der Waals surface area contributed by atoms with E-state index in [0.29, 0.717) is 34.5 Å². The van der Waals surface area contributed by atoms with Crippen LogP contribution in [0.4, 0.5) is 11.5 Å². The molecule has 0 unspecified atom stereocenters. The number of fused-ring (bicyclic) bond motifs is 1. The molecule has 1 amide bonds. The zero-order valence-electron chi connectivity index (χ0n) is 19.0. The van der Waals surface area contributed by atoms with E-state index in [9.17, 15) is 18.0 Å². The van der Waals surface area contributed by atoms with Gasteiger partial charge in [-0.25, -0.2) is 8.42 Å². The van der Waals surface area contributed by atoms with Gasteiger partial charge in [-0.15, -0.1) is 0 Å². The van der Waals surface area contributed by atoms with Crippen LogP contribution < -0.4 is 9.62 Å². The molecule has 1 aliphatic heterocycles. The van der Waals surface area contributed by atoms with Crippen LogP contribution in [0.3, 0.4) is 0 Å². The largest absolute Gasteiger partial charge is 0.310 e. The number of benzene rings is 2. The van der Waals surface area contributed by atoms with Gasteiger partial charge in [-0.3, -0.25) is 13.9 Å². The van der Waals surface area contributed by atoms with Crippen LogP contribution in [-0.2, 0) is 21.2 Å². The summed E-state index contributed by atoms with van der Waals surface area (Å²) in [6.45, 7) is 5.45. The lowest BCUT2D eigenvalue weighted by Crippen LogP contribution is -2.28. The number of hydrogen-bond donors (Lipinski definition) is 1. The van der Waals surface area contributed by atoms with Gasteiger partial charge in [0.2, 0.25) is 11.8 Å². The highest BCUT2D eigenvalue weighted by molar-refractivity contribution is 7.92. The van der Waals surface area contributed by atoms with Gasteiger partial charge >= 0.3 is 0 Å². The van der Waals surface area contributed by atoms with Crippen molar-refractivity contribution in [2.24, 2.45) is 0 Å². The average Bonchev–Trinajstić information content (AvgIpc) is 3.05. The van der Waals surface area contributed by atoms with E-state index in [4.69, 9.17) is 0 Å². The summed E-state index contributed by atoms with van der Waals surface area (Å²) in [6, 6.07) is 12.5. The first kappa shape index (κ1) is 22.7. The van der Waals surface area contributed by atoms with Gasteiger partial charge in [-0.2, -0.15) is 9.78 Å². The second kappa shape index (κ2) is 8.47. The molecule has 0 radical (unpaired) electrons. The summed E-state index contributed by atoms with van der Waals surface area (Å²) in [6.07, 6.45) is 0.842. The van der Waals surface area contributed by atoms with Crippen molar-refractivity contribution in [1.29, 1.82) is 0 Å². The van der Waals surface area contributed by atoms with Crippen molar-refractivity contribution in [3.8, 4) is 11.1 Å². The number of rotatable bonds is 5. The maximum absolute atomic E-state index is 13.7. The molecule has 3 aromatic rings. The van der Waals surface area contributed by atoms with Crippen molar-refractivity contribution in [2.45, 2.75) is 44.9 Å². The zero-order chi connectivity index (χ0) is 23.9. The van der Waals surface area contributed by atoms with Gasteiger partial charge in [0.15, 0.2) is 0 Å². The monoisotopic (exact) mass is 466 g/mol. The van der Waals surface area contributed by atoms with E-state index in [0.717, 1.165) is 5.56 Å². The quantitative estimate of drug-likeness (QED) is 0.614. The molecule has 0 saturated heterocycles. The van der Waals surface area contributed by atoms with Gasteiger partial charge in [0.25, 0.3) is 10.0 Å². The summed E-state index contributed by atoms with van der Waals surface area (Å²) < 4.78 is 29.8. The Balaban J connectivity index is 1.85. The molecule has 2 aromatic carbocycles. The van der Waals surface area contributed by atoms with Crippen LogP contribution in [0.2, 0.25) is 0 Å². The maximum Gasteiger partial charge on any atom is 0.264 e. The van der Waals surface area contributed by atoms with Crippen molar-refractivity contribution >= 4 is 33.3 Å². The summed E-state index contributed by atoms with van der Waals surface area (Å²) in [5, 5.41) is 7.07. The number of hydrogen-bond acceptors (Lipinski definition) is 5. The second-order valence-electron chi connectivity index (χ2n) is 8.10. The molecule has 9 heteroatoms. The fraction of sp³-hybridized carbons (Fsp3) is 0.292. The molecule has 2 heterocycles. The van der Waals surface area contributed by atoms with Gasteiger partial charge in [0.1, 0.15) is 5.82 Å². The Morgan fingerprint density at radius 1 is 1.09 bits per heavy atom. The minimum Gasteiger partial charge on any atom is -0.310 e. The molecular formula is C24H26N4O4S. The molecule has 1 N–H and O–H groups in total. The molecule has 1 aromatic heterocycles. The molecular weight excluding hydrogens is 440 g/mol.